The molecule has 5 nitrogen and oxygen atoms in total. The molecule has 0 spiro atoms. The maximum Gasteiger partial charge on any atom is 0.222 e. The predicted octanol–water partition coefficient (Wildman–Crippen LogP) is 4.76. The minimum absolute atomic E-state index is 0.0837. The van der Waals surface area contributed by atoms with Gasteiger partial charge in [0.15, 0.2) is 0 Å². The average molecular weight is 343 g/mol. The summed E-state index contributed by atoms with van der Waals surface area (Å²) in [7, 11) is 0. The SMILES string of the molecule is Cc1ccc2nc(N/N=C\c3ccc(OC(C)C)c(Cl)c3)[nH]c2c1. The van der Waals surface area contributed by atoms with Gasteiger partial charge in [-0.3, -0.25) is 0 Å². The van der Waals surface area contributed by atoms with Gasteiger partial charge in [-0.15, -0.1) is 0 Å². The van der Waals surface area contributed by atoms with Crippen LogP contribution in [0.5, 0.6) is 5.75 Å². The van der Waals surface area contributed by atoms with Gasteiger partial charge in [0.2, 0.25) is 5.95 Å². The molecule has 3 rings (SSSR count). The number of anilines is 1. The van der Waals surface area contributed by atoms with Gasteiger partial charge in [0, 0.05) is 0 Å². The Morgan fingerprint density at radius 2 is 2.08 bits per heavy atom. The van der Waals surface area contributed by atoms with Crippen molar-refractivity contribution >= 4 is 34.8 Å². The molecule has 0 aliphatic rings. The molecule has 0 fully saturated rings. The maximum absolute atomic E-state index is 6.21. The van der Waals surface area contributed by atoms with Gasteiger partial charge in [0.05, 0.1) is 28.4 Å². The van der Waals surface area contributed by atoms with Crippen molar-refractivity contribution in [2.45, 2.75) is 26.9 Å². The molecule has 0 unspecified atom stereocenters. The fraction of sp³-hybridized carbons (Fsp3) is 0.222. The highest BCUT2D eigenvalue weighted by Crippen LogP contribution is 2.25. The molecule has 6 heteroatoms. The second-order valence-electron chi connectivity index (χ2n) is 5.83. The molecule has 1 heterocycles. The Labute approximate surface area is 145 Å². The molecule has 124 valence electrons. The molecular weight excluding hydrogens is 324 g/mol. The summed E-state index contributed by atoms with van der Waals surface area (Å²) in [4.78, 5) is 7.61. The number of H-pyrrole nitrogens is 1. The monoisotopic (exact) mass is 342 g/mol. The van der Waals surface area contributed by atoms with Crippen LogP contribution >= 0.6 is 11.6 Å². The number of hydrogen-bond acceptors (Lipinski definition) is 4. The number of rotatable bonds is 5. The molecule has 24 heavy (non-hydrogen) atoms. The zero-order valence-corrected chi connectivity index (χ0v) is 14.6. The molecule has 0 radical (unpaired) electrons. The van der Waals surface area contributed by atoms with Crippen LogP contribution in [-0.4, -0.2) is 22.3 Å². The van der Waals surface area contributed by atoms with E-state index in [-0.39, 0.29) is 6.10 Å². The molecule has 0 saturated carbocycles. The quantitative estimate of drug-likeness (QED) is 0.519. The second-order valence-corrected chi connectivity index (χ2v) is 6.24. The molecular formula is C18H19ClN4O. The van der Waals surface area contributed by atoms with Gasteiger partial charge in [-0.2, -0.15) is 5.10 Å². The standard InChI is InChI=1S/C18H19ClN4O/c1-11(2)24-17-7-5-13(9-14(17)19)10-20-23-18-21-15-6-4-12(3)8-16(15)22-18/h4-11H,1-3H3,(H2,21,22,23)/b20-10-. The molecule has 2 N–H and O–H groups in total. The van der Waals surface area contributed by atoms with Crippen LogP contribution in [0.15, 0.2) is 41.5 Å². The average Bonchev–Trinajstić information content (AvgIpc) is 2.91. The van der Waals surface area contributed by atoms with Crippen molar-refractivity contribution in [3.8, 4) is 5.75 Å². The third kappa shape index (κ3) is 3.86. The third-order valence-corrected chi connectivity index (χ3v) is 3.64. The Hall–Kier alpha value is -2.53. The predicted molar refractivity (Wildman–Crippen MR) is 99.3 cm³/mol. The largest absolute Gasteiger partial charge is 0.489 e. The van der Waals surface area contributed by atoms with E-state index in [1.54, 1.807) is 6.21 Å². The number of halogens is 1. The lowest BCUT2D eigenvalue weighted by Crippen LogP contribution is -2.05. The number of imidazole rings is 1. The van der Waals surface area contributed by atoms with E-state index in [0.29, 0.717) is 16.7 Å². The van der Waals surface area contributed by atoms with E-state index in [4.69, 9.17) is 16.3 Å². The Morgan fingerprint density at radius 3 is 2.83 bits per heavy atom. The second kappa shape index (κ2) is 6.93. The molecule has 0 saturated heterocycles. The van der Waals surface area contributed by atoms with Crippen molar-refractivity contribution in [3.63, 3.8) is 0 Å². The molecule has 0 aliphatic carbocycles. The highest BCUT2D eigenvalue weighted by molar-refractivity contribution is 6.32. The number of fused-ring (bicyclic) bond motifs is 1. The summed E-state index contributed by atoms with van der Waals surface area (Å²) in [6.45, 7) is 5.97. The van der Waals surface area contributed by atoms with Crippen LogP contribution in [0.3, 0.4) is 0 Å². The van der Waals surface area contributed by atoms with Crippen molar-refractivity contribution in [3.05, 3.63) is 52.5 Å². The van der Waals surface area contributed by atoms with Crippen LogP contribution in [0, 0.1) is 6.92 Å². The Bertz CT molecular complexity index is 886. The third-order valence-electron chi connectivity index (χ3n) is 3.34. The van der Waals surface area contributed by atoms with E-state index in [1.807, 2.05) is 57.2 Å². The lowest BCUT2D eigenvalue weighted by atomic mass is 10.2. The van der Waals surface area contributed by atoms with Crippen LogP contribution in [0.4, 0.5) is 5.95 Å². The van der Waals surface area contributed by atoms with Gasteiger partial charge in [0.25, 0.3) is 0 Å². The van der Waals surface area contributed by atoms with Crippen molar-refractivity contribution in [2.24, 2.45) is 5.10 Å². The van der Waals surface area contributed by atoms with E-state index in [9.17, 15) is 0 Å². The van der Waals surface area contributed by atoms with Gasteiger partial charge in [-0.25, -0.2) is 10.4 Å². The number of aryl methyl sites for hydroxylation is 1. The van der Waals surface area contributed by atoms with E-state index < -0.39 is 0 Å². The zero-order valence-electron chi connectivity index (χ0n) is 13.8. The number of aromatic amines is 1. The smallest absolute Gasteiger partial charge is 0.222 e. The molecule has 2 aromatic carbocycles. The molecule has 0 amide bonds. The van der Waals surface area contributed by atoms with Gasteiger partial charge in [0.1, 0.15) is 5.75 Å². The van der Waals surface area contributed by atoms with E-state index in [2.05, 4.69) is 20.5 Å². The zero-order chi connectivity index (χ0) is 17.1. The van der Waals surface area contributed by atoms with Gasteiger partial charge in [-0.05, 0) is 62.2 Å². The van der Waals surface area contributed by atoms with E-state index in [0.717, 1.165) is 16.6 Å². The van der Waals surface area contributed by atoms with Gasteiger partial charge >= 0.3 is 0 Å². The van der Waals surface area contributed by atoms with Crippen LogP contribution in [0.1, 0.15) is 25.0 Å². The lowest BCUT2D eigenvalue weighted by Gasteiger charge is -2.11. The number of nitrogens with zero attached hydrogens (tertiary/aromatic N) is 2. The lowest BCUT2D eigenvalue weighted by molar-refractivity contribution is 0.242. The van der Waals surface area contributed by atoms with E-state index >= 15 is 0 Å². The number of aromatic nitrogens is 2. The van der Waals surface area contributed by atoms with E-state index in [1.165, 1.54) is 5.56 Å². The number of benzene rings is 2. The summed E-state index contributed by atoms with van der Waals surface area (Å²) in [5.74, 6) is 1.27. The number of nitrogens with one attached hydrogen (secondary N) is 2. The Kier molecular flexibility index (Phi) is 4.71. The first-order valence-corrected chi connectivity index (χ1v) is 8.11. The van der Waals surface area contributed by atoms with Crippen molar-refractivity contribution in [1.82, 2.24) is 9.97 Å². The highest BCUT2D eigenvalue weighted by Gasteiger charge is 2.04. The van der Waals surface area contributed by atoms with Crippen LogP contribution in [-0.2, 0) is 0 Å². The molecule has 1 aromatic heterocycles. The summed E-state index contributed by atoms with van der Waals surface area (Å²) in [6, 6.07) is 11.6. The van der Waals surface area contributed by atoms with Crippen LogP contribution in [0.2, 0.25) is 5.02 Å². The topological polar surface area (TPSA) is 62.3 Å². The van der Waals surface area contributed by atoms with Gasteiger partial charge in [-0.1, -0.05) is 17.7 Å². The molecule has 3 aromatic rings. The maximum atomic E-state index is 6.21. The van der Waals surface area contributed by atoms with Crippen molar-refractivity contribution in [1.29, 1.82) is 0 Å². The van der Waals surface area contributed by atoms with Crippen LogP contribution in [0.25, 0.3) is 11.0 Å². The first-order chi connectivity index (χ1) is 11.5. The minimum atomic E-state index is 0.0837. The van der Waals surface area contributed by atoms with Crippen molar-refractivity contribution < 1.29 is 4.74 Å². The number of hydrogen-bond donors (Lipinski definition) is 2. The normalized spacial score (nSPS) is 11.5. The van der Waals surface area contributed by atoms with Crippen LogP contribution < -0.4 is 10.2 Å². The molecule has 0 aliphatic heterocycles. The number of ether oxygens (including phenoxy) is 1. The summed E-state index contributed by atoms with van der Waals surface area (Å²) in [5.41, 5.74) is 6.83. The molecule has 0 bridgehead atoms. The van der Waals surface area contributed by atoms with Gasteiger partial charge < -0.3 is 9.72 Å². The Balaban J connectivity index is 1.70. The minimum Gasteiger partial charge on any atom is -0.489 e. The first-order valence-electron chi connectivity index (χ1n) is 7.73. The van der Waals surface area contributed by atoms with Crippen molar-refractivity contribution in [2.75, 3.05) is 5.43 Å². The summed E-state index contributed by atoms with van der Waals surface area (Å²) in [6.07, 6.45) is 1.77. The summed E-state index contributed by atoms with van der Waals surface area (Å²) >= 11 is 6.21. The Morgan fingerprint density at radius 1 is 1.25 bits per heavy atom. The number of hydrazone groups is 1. The fourth-order valence-electron chi connectivity index (χ4n) is 2.29. The highest BCUT2D eigenvalue weighted by atomic mass is 35.5. The summed E-state index contributed by atoms with van der Waals surface area (Å²) < 4.78 is 5.61. The fourth-order valence-corrected chi connectivity index (χ4v) is 2.52. The summed E-state index contributed by atoms with van der Waals surface area (Å²) in [5, 5.41) is 4.75. The first kappa shape index (κ1) is 16.3. The molecule has 0 atom stereocenters.